The lowest BCUT2D eigenvalue weighted by atomic mass is 10.1. The van der Waals surface area contributed by atoms with E-state index < -0.39 is 30.3 Å². The first-order valence-electron chi connectivity index (χ1n) is 9.29. The number of esters is 1. The van der Waals surface area contributed by atoms with Gasteiger partial charge in [-0.15, -0.1) is 0 Å². The molecule has 1 atom stereocenters. The molecule has 0 saturated carbocycles. The third-order valence-electron chi connectivity index (χ3n) is 4.37. The summed E-state index contributed by atoms with van der Waals surface area (Å²) in [5.74, 6) is -1.20. The van der Waals surface area contributed by atoms with E-state index in [1.54, 1.807) is 30.3 Å². The number of benzene rings is 2. The van der Waals surface area contributed by atoms with Crippen LogP contribution in [0, 0.1) is 0 Å². The number of Topliss-reactive ketones (excluding diaryl/α,β-unsaturated/α-hetero) is 1. The van der Waals surface area contributed by atoms with Crippen LogP contribution in [-0.2, 0) is 16.0 Å². The van der Waals surface area contributed by atoms with Crippen LogP contribution in [0.1, 0.15) is 26.5 Å². The molecule has 7 heteroatoms. The number of rotatable bonds is 9. The molecule has 0 unspecified atom stereocenters. The Balaban J connectivity index is 1.69. The second kappa shape index (κ2) is 10.1. The van der Waals surface area contributed by atoms with Crippen molar-refractivity contribution in [1.82, 2.24) is 5.32 Å². The minimum atomic E-state index is -0.990. The zero-order valence-electron chi connectivity index (χ0n) is 16.4. The average Bonchev–Trinajstić information content (AvgIpc) is 3.32. The summed E-state index contributed by atoms with van der Waals surface area (Å²) in [7, 11) is 1.46. The number of amides is 1. The first kappa shape index (κ1) is 20.9. The molecule has 1 heterocycles. The molecule has 0 aliphatic heterocycles. The summed E-state index contributed by atoms with van der Waals surface area (Å²) >= 11 is 0. The fourth-order valence-corrected chi connectivity index (χ4v) is 2.87. The minimum Gasteiger partial charge on any atom is -0.496 e. The standard InChI is InChI=1S/C23H21NO6/c1-28-20-11-6-5-10-17(20)19(25)15-30-23(27)18(14-16-8-3-2-4-9-16)24-22(26)21-12-7-13-29-21/h2-13,18H,14-15H2,1H3,(H,24,26)/t18-/m0/s1. The molecule has 0 fully saturated rings. The van der Waals surface area contributed by atoms with Crippen molar-refractivity contribution in [2.75, 3.05) is 13.7 Å². The van der Waals surface area contributed by atoms with Crippen molar-refractivity contribution in [2.45, 2.75) is 12.5 Å². The maximum absolute atomic E-state index is 12.7. The SMILES string of the molecule is COc1ccccc1C(=O)COC(=O)[C@H](Cc1ccccc1)NC(=O)c1ccco1. The van der Waals surface area contributed by atoms with Crippen molar-refractivity contribution < 1.29 is 28.3 Å². The quantitative estimate of drug-likeness (QED) is 0.433. The Bertz CT molecular complexity index is 998. The lowest BCUT2D eigenvalue weighted by molar-refractivity contribution is -0.144. The van der Waals surface area contributed by atoms with Gasteiger partial charge in [0, 0.05) is 6.42 Å². The monoisotopic (exact) mass is 407 g/mol. The van der Waals surface area contributed by atoms with Crippen molar-refractivity contribution in [1.29, 1.82) is 0 Å². The van der Waals surface area contributed by atoms with Crippen LogP contribution in [0.4, 0.5) is 0 Å². The van der Waals surface area contributed by atoms with Gasteiger partial charge in [-0.25, -0.2) is 4.79 Å². The highest BCUT2D eigenvalue weighted by Crippen LogP contribution is 2.18. The molecule has 0 saturated heterocycles. The predicted molar refractivity (Wildman–Crippen MR) is 108 cm³/mol. The third kappa shape index (κ3) is 5.35. The van der Waals surface area contributed by atoms with E-state index in [9.17, 15) is 14.4 Å². The van der Waals surface area contributed by atoms with Gasteiger partial charge < -0.3 is 19.2 Å². The average molecular weight is 407 g/mol. The largest absolute Gasteiger partial charge is 0.496 e. The van der Waals surface area contributed by atoms with Crippen LogP contribution in [-0.4, -0.2) is 37.4 Å². The zero-order chi connectivity index (χ0) is 21.3. The highest BCUT2D eigenvalue weighted by molar-refractivity contribution is 6.01. The van der Waals surface area contributed by atoms with Gasteiger partial charge in [-0.3, -0.25) is 9.59 Å². The molecule has 2 aromatic carbocycles. The second-order valence-electron chi connectivity index (χ2n) is 6.42. The van der Waals surface area contributed by atoms with Crippen LogP contribution in [0.15, 0.2) is 77.4 Å². The summed E-state index contributed by atoms with van der Waals surface area (Å²) in [5, 5.41) is 2.61. The summed E-state index contributed by atoms with van der Waals surface area (Å²) in [4.78, 5) is 37.5. The number of methoxy groups -OCH3 is 1. The van der Waals surface area contributed by atoms with Gasteiger partial charge in [0.1, 0.15) is 11.8 Å². The van der Waals surface area contributed by atoms with Gasteiger partial charge in [0.25, 0.3) is 5.91 Å². The fourth-order valence-electron chi connectivity index (χ4n) is 2.87. The summed E-state index contributed by atoms with van der Waals surface area (Å²) in [6, 6.07) is 17.9. The number of carbonyl (C=O) groups excluding carboxylic acids is 3. The first-order chi connectivity index (χ1) is 14.6. The molecular weight excluding hydrogens is 386 g/mol. The van der Waals surface area contributed by atoms with Crippen molar-refractivity contribution in [3.8, 4) is 5.75 Å². The maximum atomic E-state index is 12.7. The molecule has 0 bridgehead atoms. The molecule has 0 radical (unpaired) electrons. The van der Waals surface area contributed by atoms with Crippen LogP contribution in [0.2, 0.25) is 0 Å². The molecule has 30 heavy (non-hydrogen) atoms. The molecule has 0 spiro atoms. The number of para-hydroxylation sites is 1. The first-order valence-corrected chi connectivity index (χ1v) is 9.29. The number of ketones is 1. The molecular formula is C23H21NO6. The molecule has 0 aliphatic rings. The Kier molecular flexibility index (Phi) is 7.00. The van der Waals surface area contributed by atoms with E-state index in [0.717, 1.165) is 5.56 Å². The Hall–Kier alpha value is -3.87. The number of furan rings is 1. The highest BCUT2D eigenvalue weighted by atomic mass is 16.5. The van der Waals surface area contributed by atoms with Crippen molar-refractivity contribution >= 4 is 17.7 Å². The topological polar surface area (TPSA) is 94.8 Å². The van der Waals surface area contributed by atoms with Gasteiger partial charge in [-0.2, -0.15) is 0 Å². The van der Waals surface area contributed by atoms with Crippen LogP contribution in [0.3, 0.4) is 0 Å². The number of ether oxygens (including phenoxy) is 2. The molecule has 0 aliphatic carbocycles. The van der Waals surface area contributed by atoms with Gasteiger partial charge >= 0.3 is 5.97 Å². The Labute approximate surface area is 173 Å². The van der Waals surface area contributed by atoms with E-state index >= 15 is 0 Å². The predicted octanol–water partition coefficient (Wildman–Crippen LogP) is 3.06. The van der Waals surface area contributed by atoms with Gasteiger partial charge in [-0.1, -0.05) is 42.5 Å². The summed E-state index contributed by atoms with van der Waals surface area (Å²) in [6.45, 7) is -0.471. The number of hydrogen-bond donors (Lipinski definition) is 1. The fraction of sp³-hybridized carbons (Fsp3) is 0.174. The summed E-state index contributed by atoms with van der Waals surface area (Å²) in [5.41, 5.74) is 1.14. The van der Waals surface area contributed by atoms with Gasteiger partial charge in [0.05, 0.1) is 18.9 Å². The second-order valence-corrected chi connectivity index (χ2v) is 6.42. The Morgan fingerprint density at radius 2 is 1.70 bits per heavy atom. The zero-order valence-corrected chi connectivity index (χ0v) is 16.4. The van der Waals surface area contributed by atoms with E-state index in [1.165, 1.54) is 19.4 Å². The molecule has 7 nitrogen and oxygen atoms in total. The van der Waals surface area contributed by atoms with E-state index in [1.807, 2.05) is 30.3 Å². The van der Waals surface area contributed by atoms with E-state index in [2.05, 4.69) is 5.32 Å². The normalized spacial score (nSPS) is 11.4. The van der Waals surface area contributed by atoms with E-state index in [4.69, 9.17) is 13.9 Å². The summed E-state index contributed by atoms with van der Waals surface area (Å²) < 4.78 is 15.5. The van der Waals surface area contributed by atoms with Gasteiger partial charge in [0.15, 0.2) is 12.4 Å². The van der Waals surface area contributed by atoms with E-state index in [-0.39, 0.29) is 12.2 Å². The van der Waals surface area contributed by atoms with Gasteiger partial charge in [0.2, 0.25) is 5.78 Å². The van der Waals surface area contributed by atoms with Crippen molar-refractivity contribution in [3.05, 3.63) is 89.9 Å². The van der Waals surface area contributed by atoms with Crippen LogP contribution in [0.25, 0.3) is 0 Å². The van der Waals surface area contributed by atoms with Crippen LogP contribution < -0.4 is 10.1 Å². The highest BCUT2D eigenvalue weighted by Gasteiger charge is 2.25. The van der Waals surface area contributed by atoms with Crippen LogP contribution >= 0.6 is 0 Å². The summed E-state index contributed by atoms with van der Waals surface area (Å²) in [6.07, 6.45) is 1.57. The molecule has 3 rings (SSSR count). The minimum absolute atomic E-state index is 0.0750. The Morgan fingerprint density at radius 3 is 2.40 bits per heavy atom. The molecule has 1 amide bonds. The maximum Gasteiger partial charge on any atom is 0.329 e. The molecule has 1 aromatic heterocycles. The number of carbonyl (C=O) groups is 3. The van der Waals surface area contributed by atoms with E-state index in [0.29, 0.717) is 11.3 Å². The number of nitrogens with one attached hydrogen (secondary N) is 1. The third-order valence-corrected chi connectivity index (χ3v) is 4.37. The van der Waals surface area contributed by atoms with Gasteiger partial charge in [-0.05, 0) is 29.8 Å². The van der Waals surface area contributed by atoms with Crippen LogP contribution in [0.5, 0.6) is 5.75 Å². The molecule has 1 N–H and O–H groups in total. The Morgan fingerprint density at radius 1 is 0.967 bits per heavy atom. The smallest absolute Gasteiger partial charge is 0.329 e. The van der Waals surface area contributed by atoms with Crippen molar-refractivity contribution in [2.24, 2.45) is 0 Å². The lowest BCUT2D eigenvalue weighted by Gasteiger charge is -2.17. The number of hydrogen-bond acceptors (Lipinski definition) is 6. The lowest BCUT2D eigenvalue weighted by Crippen LogP contribution is -2.43. The van der Waals surface area contributed by atoms with Crippen molar-refractivity contribution in [3.63, 3.8) is 0 Å². The molecule has 154 valence electrons. The molecule has 3 aromatic rings.